The minimum atomic E-state index is -0.149. The quantitative estimate of drug-likeness (QED) is 0.427. The monoisotopic (exact) mass is 159 g/mol. The molecule has 1 radical (unpaired) electrons. The Labute approximate surface area is 67.6 Å². The smallest absolute Gasteiger partial charge is 0.157 e. The summed E-state index contributed by atoms with van der Waals surface area (Å²) in [5, 5.41) is 0. The van der Waals surface area contributed by atoms with Gasteiger partial charge >= 0.3 is 0 Å². The van der Waals surface area contributed by atoms with Gasteiger partial charge in [0.1, 0.15) is 6.10 Å². The van der Waals surface area contributed by atoms with Crippen molar-refractivity contribution in [2.45, 2.75) is 25.7 Å². The highest BCUT2D eigenvalue weighted by Crippen LogP contribution is 2.11. The highest BCUT2D eigenvalue weighted by atomic mass is 16.7. The van der Waals surface area contributed by atoms with Crippen molar-refractivity contribution in [1.82, 2.24) is 0 Å². The lowest BCUT2D eigenvalue weighted by Crippen LogP contribution is -2.18. The fourth-order valence-electron chi connectivity index (χ4n) is 0.780. The van der Waals surface area contributed by atoms with Crippen molar-refractivity contribution in [3.05, 3.63) is 6.92 Å². The highest BCUT2D eigenvalue weighted by Gasteiger charge is 2.23. The first-order chi connectivity index (χ1) is 5.36. The summed E-state index contributed by atoms with van der Waals surface area (Å²) in [7, 11) is 0. The van der Waals surface area contributed by atoms with Crippen LogP contribution < -0.4 is 0 Å². The van der Waals surface area contributed by atoms with E-state index in [1.807, 2.05) is 6.92 Å². The minimum Gasteiger partial charge on any atom is -0.371 e. The molecule has 11 heavy (non-hydrogen) atoms. The molecule has 0 aromatic heterocycles. The van der Waals surface area contributed by atoms with E-state index in [1.165, 1.54) is 0 Å². The first kappa shape index (κ1) is 8.97. The lowest BCUT2D eigenvalue weighted by atomic mass is 10.4. The summed E-state index contributed by atoms with van der Waals surface area (Å²) in [6, 6.07) is 0. The average molecular weight is 159 g/mol. The first-order valence-electron chi connectivity index (χ1n) is 4.00. The summed E-state index contributed by atoms with van der Waals surface area (Å²) in [6.45, 7) is 7.80. The maximum absolute atomic E-state index is 5.35. The maximum atomic E-state index is 5.35. The Morgan fingerprint density at radius 3 is 2.82 bits per heavy atom. The summed E-state index contributed by atoms with van der Waals surface area (Å²) in [5.41, 5.74) is 0. The number of rotatable bonds is 6. The van der Waals surface area contributed by atoms with Gasteiger partial charge in [-0.15, -0.1) is 0 Å². The fourth-order valence-corrected chi connectivity index (χ4v) is 0.780. The Morgan fingerprint density at radius 1 is 1.64 bits per heavy atom. The van der Waals surface area contributed by atoms with Crippen molar-refractivity contribution < 1.29 is 14.2 Å². The molecule has 3 heteroatoms. The van der Waals surface area contributed by atoms with E-state index in [-0.39, 0.29) is 6.29 Å². The number of ether oxygens (including phenoxy) is 3. The second-order valence-electron chi connectivity index (χ2n) is 2.46. The van der Waals surface area contributed by atoms with Gasteiger partial charge in [0, 0.05) is 6.61 Å². The van der Waals surface area contributed by atoms with Crippen LogP contribution in [-0.2, 0) is 14.2 Å². The van der Waals surface area contributed by atoms with Crippen molar-refractivity contribution >= 4 is 0 Å². The second kappa shape index (κ2) is 4.70. The van der Waals surface area contributed by atoms with Gasteiger partial charge in [0.25, 0.3) is 0 Å². The molecule has 1 aliphatic heterocycles. The number of epoxide rings is 1. The van der Waals surface area contributed by atoms with Crippen LogP contribution in [0.5, 0.6) is 0 Å². The molecule has 1 fully saturated rings. The second-order valence-corrected chi connectivity index (χ2v) is 2.46. The van der Waals surface area contributed by atoms with Crippen LogP contribution in [0.3, 0.4) is 0 Å². The molecule has 0 bridgehead atoms. The zero-order valence-corrected chi connectivity index (χ0v) is 6.91. The molecule has 1 heterocycles. The van der Waals surface area contributed by atoms with Crippen molar-refractivity contribution in [3.63, 3.8) is 0 Å². The zero-order valence-electron chi connectivity index (χ0n) is 6.91. The molecule has 0 aromatic rings. The molecule has 0 saturated carbocycles. The van der Waals surface area contributed by atoms with E-state index in [9.17, 15) is 0 Å². The van der Waals surface area contributed by atoms with Gasteiger partial charge in [-0.25, -0.2) is 0 Å². The normalized spacial score (nSPS) is 25.1. The Bertz CT molecular complexity index is 102. The minimum absolute atomic E-state index is 0.149. The zero-order chi connectivity index (χ0) is 8.10. The Hall–Kier alpha value is -0.120. The van der Waals surface area contributed by atoms with Crippen LogP contribution in [0.15, 0.2) is 0 Å². The summed E-state index contributed by atoms with van der Waals surface area (Å²) in [6.07, 6.45) is 0.814. The molecule has 1 saturated heterocycles. The van der Waals surface area contributed by atoms with Crippen LogP contribution in [0.25, 0.3) is 0 Å². The third-order valence-corrected chi connectivity index (χ3v) is 1.46. The van der Waals surface area contributed by atoms with Crippen molar-refractivity contribution in [3.8, 4) is 0 Å². The molecular weight excluding hydrogens is 144 g/mol. The molecule has 1 rings (SSSR count). The summed E-state index contributed by atoms with van der Waals surface area (Å²) in [4.78, 5) is 0. The van der Waals surface area contributed by atoms with Crippen molar-refractivity contribution in [2.75, 3.05) is 19.8 Å². The fraction of sp³-hybridized carbons (Fsp3) is 0.875. The molecule has 1 aliphatic rings. The maximum Gasteiger partial charge on any atom is 0.157 e. The molecule has 65 valence electrons. The number of hydrogen-bond donors (Lipinski definition) is 0. The van der Waals surface area contributed by atoms with Crippen LogP contribution in [-0.4, -0.2) is 32.2 Å². The Morgan fingerprint density at radius 2 is 2.36 bits per heavy atom. The van der Waals surface area contributed by atoms with Crippen LogP contribution in [0.4, 0.5) is 0 Å². The molecule has 0 aliphatic carbocycles. The molecular formula is C8H15O3. The van der Waals surface area contributed by atoms with Gasteiger partial charge in [-0.05, 0) is 20.3 Å². The Balaban J connectivity index is 1.98. The van der Waals surface area contributed by atoms with Gasteiger partial charge in [-0.2, -0.15) is 0 Å². The summed E-state index contributed by atoms with van der Waals surface area (Å²) in [5.74, 6) is 0. The van der Waals surface area contributed by atoms with Gasteiger partial charge in [0.2, 0.25) is 0 Å². The molecule has 0 N–H and O–H groups in total. The van der Waals surface area contributed by atoms with Crippen LogP contribution in [0.1, 0.15) is 13.3 Å². The van der Waals surface area contributed by atoms with E-state index in [0.29, 0.717) is 25.7 Å². The molecule has 3 nitrogen and oxygen atoms in total. The van der Waals surface area contributed by atoms with Crippen molar-refractivity contribution in [1.29, 1.82) is 0 Å². The largest absolute Gasteiger partial charge is 0.371 e. The molecule has 0 aromatic carbocycles. The van der Waals surface area contributed by atoms with E-state index < -0.39 is 0 Å². The van der Waals surface area contributed by atoms with E-state index in [0.717, 1.165) is 6.61 Å². The number of hydrogen-bond acceptors (Lipinski definition) is 3. The molecule has 0 amide bonds. The molecule has 0 spiro atoms. The lowest BCUT2D eigenvalue weighted by Gasteiger charge is -2.14. The molecule has 2 unspecified atom stereocenters. The van der Waals surface area contributed by atoms with Gasteiger partial charge in [0.15, 0.2) is 6.29 Å². The predicted octanol–water partition coefficient (Wildman–Crippen LogP) is 0.989. The summed E-state index contributed by atoms with van der Waals surface area (Å²) < 4.78 is 15.6. The van der Waals surface area contributed by atoms with E-state index in [1.54, 1.807) is 0 Å². The van der Waals surface area contributed by atoms with Gasteiger partial charge in [-0.1, -0.05) is 0 Å². The van der Waals surface area contributed by atoms with Crippen molar-refractivity contribution in [2.24, 2.45) is 0 Å². The highest BCUT2D eigenvalue weighted by molar-refractivity contribution is 4.67. The van der Waals surface area contributed by atoms with E-state index >= 15 is 0 Å². The SMILES string of the molecule is [CH2]CC(OCC)OCC1CO1. The standard InChI is InChI=1S/C8H15O3/c1-3-8(9-4-2)11-6-7-5-10-7/h7-8H,1,3-6H2,2H3. The predicted molar refractivity (Wildman–Crippen MR) is 41.1 cm³/mol. The Kier molecular flexibility index (Phi) is 3.83. The topological polar surface area (TPSA) is 31.0 Å². The summed E-state index contributed by atoms with van der Waals surface area (Å²) >= 11 is 0. The van der Waals surface area contributed by atoms with Gasteiger partial charge < -0.3 is 14.2 Å². The molecule has 2 atom stereocenters. The van der Waals surface area contributed by atoms with Crippen LogP contribution in [0, 0.1) is 6.92 Å². The van der Waals surface area contributed by atoms with Crippen LogP contribution >= 0.6 is 0 Å². The van der Waals surface area contributed by atoms with E-state index in [2.05, 4.69) is 6.92 Å². The van der Waals surface area contributed by atoms with E-state index in [4.69, 9.17) is 14.2 Å². The third kappa shape index (κ3) is 3.70. The lowest BCUT2D eigenvalue weighted by molar-refractivity contribution is -0.139. The van der Waals surface area contributed by atoms with Gasteiger partial charge in [-0.3, -0.25) is 0 Å². The van der Waals surface area contributed by atoms with Crippen LogP contribution in [0.2, 0.25) is 0 Å². The van der Waals surface area contributed by atoms with Gasteiger partial charge in [0.05, 0.1) is 13.2 Å². The third-order valence-electron chi connectivity index (χ3n) is 1.46. The average Bonchev–Trinajstić information content (AvgIpc) is 2.81. The first-order valence-corrected chi connectivity index (χ1v) is 4.00.